The second kappa shape index (κ2) is 6.11. The van der Waals surface area contributed by atoms with Gasteiger partial charge in [0.1, 0.15) is 17.8 Å². The monoisotopic (exact) mass is 349 g/mol. The molecule has 6 heteroatoms. The number of rotatable bonds is 3. The Bertz CT molecular complexity index is 1050. The normalized spacial score (nSPS) is 11.0. The molecule has 0 spiro atoms. The predicted molar refractivity (Wildman–Crippen MR) is 103 cm³/mol. The fraction of sp³-hybridized carbons (Fsp3) is 0.0526. The van der Waals surface area contributed by atoms with Crippen LogP contribution in [0.1, 0.15) is 0 Å². The summed E-state index contributed by atoms with van der Waals surface area (Å²) in [5.74, 6) is 0.718. The number of hydrogen-bond donors (Lipinski definition) is 2. The molecule has 3 N–H and O–H groups in total. The van der Waals surface area contributed by atoms with Crippen molar-refractivity contribution in [1.82, 2.24) is 14.5 Å². The Balaban J connectivity index is 1.83. The number of halogens is 1. The van der Waals surface area contributed by atoms with Gasteiger partial charge in [-0.05, 0) is 35.9 Å². The number of anilines is 3. The smallest absolute Gasteiger partial charge is 0.145 e. The van der Waals surface area contributed by atoms with Gasteiger partial charge < -0.3 is 15.6 Å². The molecule has 0 radical (unpaired) electrons. The molecule has 0 unspecified atom stereocenters. The van der Waals surface area contributed by atoms with E-state index < -0.39 is 0 Å². The van der Waals surface area contributed by atoms with Crippen LogP contribution in [0.5, 0.6) is 0 Å². The number of nitrogens with zero attached hydrogens (tertiary/aromatic N) is 3. The summed E-state index contributed by atoms with van der Waals surface area (Å²) in [6.07, 6.45) is 1.55. The van der Waals surface area contributed by atoms with Crippen molar-refractivity contribution in [2.24, 2.45) is 7.05 Å². The van der Waals surface area contributed by atoms with Crippen LogP contribution in [0, 0.1) is 0 Å². The van der Waals surface area contributed by atoms with E-state index in [0.29, 0.717) is 5.02 Å². The van der Waals surface area contributed by atoms with E-state index in [1.54, 1.807) is 6.33 Å². The minimum atomic E-state index is 0.643. The van der Waals surface area contributed by atoms with Crippen molar-refractivity contribution in [2.45, 2.75) is 0 Å². The first-order valence-electron chi connectivity index (χ1n) is 7.81. The van der Waals surface area contributed by atoms with E-state index in [9.17, 15) is 0 Å². The lowest BCUT2D eigenvalue weighted by molar-refractivity contribution is 0.952. The Labute approximate surface area is 150 Å². The van der Waals surface area contributed by atoms with Crippen molar-refractivity contribution in [2.75, 3.05) is 11.1 Å². The number of nitrogens with two attached hydrogens (primary N) is 1. The Morgan fingerprint density at radius 2 is 1.80 bits per heavy atom. The molecule has 4 rings (SSSR count). The van der Waals surface area contributed by atoms with E-state index in [0.717, 1.165) is 39.5 Å². The quantitative estimate of drug-likeness (QED) is 0.530. The summed E-state index contributed by atoms with van der Waals surface area (Å²) in [6, 6.07) is 17.4. The number of nitrogen functional groups attached to an aromatic ring is 1. The van der Waals surface area contributed by atoms with E-state index in [1.807, 2.05) is 60.1 Å². The first kappa shape index (κ1) is 15.5. The van der Waals surface area contributed by atoms with Crippen LogP contribution < -0.4 is 11.1 Å². The van der Waals surface area contributed by atoms with Gasteiger partial charge in [-0.15, -0.1) is 0 Å². The van der Waals surface area contributed by atoms with E-state index in [2.05, 4.69) is 21.4 Å². The molecule has 0 aliphatic carbocycles. The zero-order valence-electron chi connectivity index (χ0n) is 13.6. The van der Waals surface area contributed by atoms with E-state index in [4.69, 9.17) is 17.3 Å². The summed E-state index contributed by atoms with van der Waals surface area (Å²) in [7, 11) is 1.99. The molecule has 0 atom stereocenters. The SMILES string of the molecule is Cn1c(-c2ccc(N)cc2)cc2c(Nc3ccccc3Cl)ncnc21. The van der Waals surface area contributed by atoms with Gasteiger partial charge in [-0.2, -0.15) is 0 Å². The maximum absolute atomic E-state index is 6.25. The molecule has 0 saturated heterocycles. The van der Waals surface area contributed by atoms with Gasteiger partial charge in [0, 0.05) is 12.7 Å². The van der Waals surface area contributed by atoms with E-state index >= 15 is 0 Å². The zero-order chi connectivity index (χ0) is 17.4. The van der Waals surface area contributed by atoms with Gasteiger partial charge in [0.15, 0.2) is 0 Å². The van der Waals surface area contributed by atoms with Gasteiger partial charge in [0.25, 0.3) is 0 Å². The summed E-state index contributed by atoms with van der Waals surface area (Å²) in [4.78, 5) is 8.81. The number of benzene rings is 2. The second-order valence-corrected chi connectivity index (χ2v) is 6.18. The molecule has 4 aromatic rings. The Kier molecular flexibility index (Phi) is 3.78. The van der Waals surface area contributed by atoms with Gasteiger partial charge in [-0.3, -0.25) is 0 Å². The van der Waals surface area contributed by atoms with Gasteiger partial charge in [-0.25, -0.2) is 9.97 Å². The molecule has 0 aliphatic rings. The fourth-order valence-electron chi connectivity index (χ4n) is 2.85. The fourth-order valence-corrected chi connectivity index (χ4v) is 3.04. The highest BCUT2D eigenvalue weighted by molar-refractivity contribution is 6.33. The van der Waals surface area contributed by atoms with E-state index in [1.165, 1.54) is 0 Å². The summed E-state index contributed by atoms with van der Waals surface area (Å²) in [5.41, 5.74) is 10.3. The summed E-state index contributed by atoms with van der Waals surface area (Å²) < 4.78 is 2.04. The van der Waals surface area contributed by atoms with Crippen LogP contribution in [0.3, 0.4) is 0 Å². The lowest BCUT2D eigenvalue weighted by Gasteiger charge is -2.08. The van der Waals surface area contributed by atoms with Crippen LogP contribution in [0.4, 0.5) is 17.2 Å². The maximum atomic E-state index is 6.25. The van der Waals surface area contributed by atoms with Gasteiger partial charge in [0.05, 0.1) is 21.8 Å². The predicted octanol–water partition coefficient (Wildman–Crippen LogP) is 4.61. The highest BCUT2D eigenvalue weighted by Crippen LogP contribution is 2.32. The number of fused-ring (bicyclic) bond motifs is 1. The topological polar surface area (TPSA) is 68.8 Å². The third-order valence-electron chi connectivity index (χ3n) is 4.16. The Morgan fingerprint density at radius 1 is 1.04 bits per heavy atom. The largest absolute Gasteiger partial charge is 0.399 e. The van der Waals surface area contributed by atoms with Crippen LogP contribution in [0.2, 0.25) is 5.02 Å². The number of aryl methyl sites for hydroxylation is 1. The molecule has 0 bridgehead atoms. The third kappa shape index (κ3) is 2.79. The zero-order valence-corrected chi connectivity index (χ0v) is 14.3. The van der Waals surface area contributed by atoms with Crippen molar-refractivity contribution in [3.63, 3.8) is 0 Å². The lowest BCUT2D eigenvalue weighted by Crippen LogP contribution is -1.97. The number of nitrogens with one attached hydrogen (secondary N) is 1. The van der Waals surface area contributed by atoms with Gasteiger partial charge in [0.2, 0.25) is 0 Å². The van der Waals surface area contributed by atoms with Crippen LogP contribution in [-0.4, -0.2) is 14.5 Å². The standard InChI is InChI=1S/C19H16ClN5/c1-25-17(12-6-8-13(21)9-7-12)10-14-18(22-11-23-19(14)25)24-16-5-3-2-4-15(16)20/h2-11H,21H2,1H3,(H,22,23,24). The molecule has 2 aromatic heterocycles. The lowest BCUT2D eigenvalue weighted by atomic mass is 10.1. The number of para-hydroxylation sites is 1. The van der Waals surface area contributed by atoms with Crippen molar-refractivity contribution >= 4 is 39.8 Å². The summed E-state index contributed by atoms with van der Waals surface area (Å²) in [5, 5.41) is 4.87. The van der Waals surface area contributed by atoms with Crippen LogP contribution >= 0.6 is 11.6 Å². The highest BCUT2D eigenvalue weighted by Gasteiger charge is 2.13. The molecule has 5 nitrogen and oxygen atoms in total. The molecule has 2 aromatic carbocycles. The maximum Gasteiger partial charge on any atom is 0.145 e. The van der Waals surface area contributed by atoms with Crippen molar-refractivity contribution in [3.8, 4) is 11.3 Å². The van der Waals surface area contributed by atoms with Crippen molar-refractivity contribution in [1.29, 1.82) is 0 Å². The molecule has 0 amide bonds. The average molecular weight is 350 g/mol. The Hall–Kier alpha value is -3.05. The van der Waals surface area contributed by atoms with Gasteiger partial charge >= 0.3 is 0 Å². The molecule has 0 saturated carbocycles. The van der Waals surface area contributed by atoms with Crippen LogP contribution in [-0.2, 0) is 7.05 Å². The van der Waals surface area contributed by atoms with Crippen molar-refractivity contribution in [3.05, 3.63) is 65.9 Å². The molecule has 0 fully saturated rings. The van der Waals surface area contributed by atoms with E-state index in [-0.39, 0.29) is 0 Å². The molecule has 124 valence electrons. The third-order valence-corrected chi connectivity index (χ3v) is 4.49. The minimum Gasteiger partial charge on any atom is -0.399 e. The summed E-state index contributed by atoms with van der Waals surface area (Å²) >= 11 is 6.25. The van der Waals surface area contributed by atoms with Crippen LogP contribution in [0.25, 0.3) is 22.3 Å². The molecular formula is C19H16ClN5. The Morgan fingerprint density at radius 3 is 2.56 bits per heavy atom. The summed E-state index contributed by atoms with van der Waals surface area (Å²) in [6.45, 7) is 0. The number of aromatic nitrogens is 3. The van der Waals surface area contributed by atoms with Crippen molar-refractivity contribution < 1.29 is 0 Å². The molecular weight excluding hydrogens is 334 g/mol. The molecule has 25 heavy (non-hydrogen) atoms. The highest BCUT2D eigenvalue weighted by atomic mass is 35.5. The average Bonchev–Trinajstić information content (AvgIpc) is 2.96. The van der Waals surface area contributed by atoms with Crippen LogP contribution in [0.15, 0.2) is 60.9 Å². The molecule has 2 heterocycles. The van der Waals surface area contributed by atoms with Gasteiger partial charge in [-0.1, -0.05) is 35.9 Å². The molecule has 0 aliphatic heterocycles. The minimum absolute atomic E-state index is 0.643. The second-order valence-electron chi connectivity index (χ2n) is 5.78. The number of hydrogen-bond acceptors (Lipinski definition) is 4. The first-order chi connectivity index (χ1) is 12.1. The first-order valence-corrected chi connectivity index (χ1v) is 8.19.